The molecule has 0 radical (unpaired) electrons. The summed E-state index contributed by atoms with van der Waals surface area (Å²) in [6.07, 6.45) is 4.23. The Bertz CT molecular complexity index is 852. The molecule has 0 saturated carbocycles. The number of piperidine rings is 1. The topological polar surface area (TPSA) is 109 Å². The Hall–Kier alpha value is -3.23. The predicted octanol–water partition coefficient (Wildman–Crippen LogP) is 0.722. The Balaban J connectivity index is 1.66. The fourth-order valence-electron chi connectivity index (χ4n) is 3.34. The number of rotatable bonds is 6. The quantitative estimate of drug-likeness (QED) is 0.785. The molecule has 1 aliphatic heterocycles. The lowest BCUT2D eigenvalue weighted by atomic mass is 9.98. The first-order valence-electron chi connectivity index (χ1n) is 9.12. The summed E-state index contributed by atoms with van der Waals surface area (Å²) in [4.78, 5) is 43.5. The molecular formula is C19H23N5O4. The number of benzene rings is 1. The van der Waals surface area contributed by atoms with Crippen LogP contribution >= 0.6 is 0 Å². The van der Waals surface area contributed by atoms with Gasteiger partial charge in [0.25, 0.3) is 5.91 Å². The SMILES string of the molecule is CN(CC(=O)N1CCCC(C(=O)O)C1)C(=O)c1ccccc1Cn1cncn1. The Morgan fingerprint density at radius 3 is 2.79 bits per heavy atom. The van der Waals surface area contributed by atoms with Crippen molar-refractivity contribution in [1.82, 2.24) is 24.6 Å². The molecule has 1 unspecified atom stereocenters. The Kier molecular flexibility index (Phi) is 6.03. The molecule has 2 heterocycles. The van der Waals surface area contributed by atoms with Gasteiger partial charge in [0.15, 0.2) is 0 Å². The number of hydrogen-bond donors (Lipinski definition) is 1. The highest BCUT2D eigenvalue weighted by Crippen LogP contribution is 2.17. The van der Waals surface area contributed by atoms with E-state index in [9.17, 15) is 19.5 Å². The van der Waals surface area contributed by atoms with Gasteiger partial charge in [0.2, 0.25) is 5.91 Å². The number of carbonyl (C=O) groups excluding carboxylic acids is 2. The number of likely N-dealkylation sites (N-methyl/N-ethyl adjacent to an activating group) is 1. The molecule has 28 heavy (non-hydrogen) atoms. The number of likely N-dealkylation sites (tertiary alicyclic amines) is 1. The molecule has 1 N–H and O–H groups in total. The van der Waals surface area contributed by atoms with Crippen LogP contribution in [0.3, 0.4) is 0 Å². The van der Waals surface area contributed by atoms with Gasteiger partial charge in [-0.3, -0.25) is 14.4 Å². The number of hydrogen-bond acceptors (Lipinski definition) is 5. The summed E-state index contributed by atoms with van der Waals surface area (Å²) in [6, 6.07) is 7.17. The minimum Gasteiger partial charge on any atom is -0.481 e. The van der Waals surface area contributed by atoms with Crippen LogP contribution in [0.4, 0.5) is 0 Å². The van der Waals surface area contributed by atoms with Crippen molar-refractivity contribution in [3.8, 4) is 0 Å². The van der Waals surface area contributed by atoms with Crippen molar-refractivity contribution in [2.45, 2.75) is 19.4 Å². The zero-order chi connectivity index (χ0) is 20.1. The van der Waals surface area contributed by atoms with E-state index in [0.29, 0.717) is 31.5 Å². The summed E-state index contributed by atoms with van der Waals surface area (Å²) >= 11 is 0. The van der Waals surface area contributed by atoms with Crippen LogP contribution < -0.4 is 0 Å². The van der Waals surface area contributed by atoms with Crippen LogP contribution in [0, 0.1) is 5.92 Å². The predicted molar refractivity (Wildman–Crippen MR) is 99.5 cm³/mol. The average molecular weight is 385 g/mol. The van der Waals surface area contributed by atoms with E-state index in [4.69, 9.17) is 0 Å². The highest BCUT2D eigenvalue weighted by Gasteiger charge is 2.29. The zero-order valence-electron chi connectivity index (χ0n) is 15.7. The van der Waals surface area contributed by atoms with Crippen molar-refractivity contribution < 1.29 is 19.5 Å². The molecule has 1 aromatic carbocycles. The van der Waals surface area contributed by atoms with Gasteiger partial charge in [-0.25, -0.2) is 9.67 Å². The minimum atomic E-state index is -0.885. The van der Waals surface area contributed by atoms with Crippen molar-refractivity contribution >= 4 is 17.8 Å². The maximum atomic E-state index is 12.9. The molecule has 1 aliphatic rings. The lowest BCUT2D eigenvalue weighted by Gasteiger charge is -2.32. The number of aromatic nitrogens is 3. The van der Waals surface area contributed by atoms with Gasteiger partial charge < -0.3 is 14.9 Å². The zero-order valence-corrected chi connectivity index (χ0v) is 15.7. The van der Waals surface area contributed by atoms with Crippen molar-refractivity contribution in [3.05, 3.63) is 48.0 Å². The maximum Gasteiger partial charge on any atom is 0.308 e. The maximum absolute atomic E-state index is 12.9. The molecule has 1 fully saturated rings. The van der Waals surface area contributed by atoms with E-state index >= 15 is 0 Å². The van der Waals surface area contributed by atoms with E-state index in [1.165, 1.54) is 16.1 Å². The molecule has 2 amide bonds. The van der Waals surface area contributed by atoms with Crippen LogP contribution in [0.15, 0.2) is 36.9 Å². The van der Waals surface area contributed by atoms with Gasteiger partial charge in [-0.05, 0) is 24.5 Å². The number of carboxylic acids is 1. The first kappa shape index (κ1) is 19.5. The van der Waals surface area contributed by atoms with Crippen molar-refractivity contribution in [3.63, 3.8) is 0 Å². The molecule has 2 aromatic rings. The number of carbonyl (C=O) groups is 3. The van der Waals surface area contributed by atoms with Gasteiger partial charge in [0.05, 0.1) is 19.0 Å². The third kappa shape index (κ3) is 4.54. The summed E-state index contributed by atoms with van der Waals surface area (Å²) in [7, 11) is 1.57. The summed E-state index contributed by atoms with van der Waals surface area (Å²) in [6.45, 7) is 1.02. The minimum absolute atomic E-state index is 0.0944. The highest BCUT2D eigenvalue weighted by atomic mass is 16.4. The largest absolute Gasteiger partial charge is 0.481 e. The molecular weight excluding hydrogens is 362 g/mol. The Labute approximate surface area is 162 Å². The van der Waals surface area contributed by atoms with Gasteiger partial charge in [-0.15, -0.1) is 0 Å². The van der Waals surface area contributed by atoms with Crippen LogP contribution in [0.5, 0.6) is 0 Å². The van der Waals surface area contributed by atoms with Gasteiger partial charge in [0.1, 0.15) is 12.7 Å². The molecule has 9 nitrogen and oxygen atoms in total. The first-order chi connectivity index (χ1) is 13.5. The van der Waals surface area contributed by atoms with Crippen molar-refractivity contribution in [2.75, 3.05) is 26.7 Å². The van der Waals surface area contributed by atoms with Crippen molar-refractivity contribution in [1.29, 1.82) is 0 Å². The third-order valence-corrected chi connectivity index (χ3v) is 4.89. The summed E-state index contributed by atoms with van der Waals surface area (Å²) in [5, 5.41) is 13.2. The Morgan fingerprint density at radius 1 is 1.29 bits per heavy atom. The molecule has 0 spiro atoms. The summed E-state index contributed by atoms with van der Waals surface area (Å²) in [5.41, 5.74) is 1.27. The number of amides is 2. The lowest BCUT2D eigenvalue weighted by molar-refractivity contribution is -0.145. The molecule has 0 bridgehead atoms. The first-order valence-corrected chi connectivity index (χ1v) is 9.12. The molecule has 9 heteroatoms. The number of aliphatic carboxylic acids is 1. The molecule has 1 saturated heterocycles. The monoisotopic (exact) mass is 385 g/mol. The normalized spacial score (nSPS) is 16.6. The van der Waals surface area contributed by atoms with E-state index in [1.807, 2.05) is 12.1 Å². The van der Waals surface area contributed by atoms with Gasteiger partial charge >= 0.3 is 5.97 Å². The van der Waals surface area contributed by atoms with E-state index in [1.54, 1.807) is 30.2 Å². The second-order valence-corrected chi connectivity index (χ2v) is 6.93. The average Bonchev–Trinajstić information content (AvgIpc) is 3.21. The molecule has 148 valence electrons. The number of nitrogens with zero attached hydrogens (tertiary/aromatic N) is 5. The van der Waals surface area contributed by atoms with E-state index in [2.05, 4.69) is 10.1 Å². The van der Waals surface area contributed by atoms with E-state index in [0.717, 1.165) is 5.56 Å². The number of carboxylic acid groups (broad SMARTS) is 1. The fraction of sp³-hybridized carbons (Fsp3) is 0.421. The van der Waals surface area contributed by atoms with Gasteiger partial charge in [-0.2, -0.15) is 5.10 Å². The highest BCUT2D eigenvalue weighted by molar-refractivity contribution is 5.97. The summed E-state index contributed by atoms with van der Waals surface area (Å²) in [5.74, 6) is -1.93. The molecule has 0 aliphatic carbocycles. The lowest BCUT2D eigenvalue weighted by Crippen LogP contribution is -2.47. The standard InChI is InChI=1S/C19H23N5O4/c1-22(11-17(25)23-8-4-6-15(9-23)19(27)28)18(26)16-7-3-2-5-14(16)10-24-13-20-12-21-24/h2-3,5,7,12-13,15H,4,6,8-11H2,1H3,(H,27,28). The van der Waals surface area contributed by atoms with Gasteiger partial charge in [-0.1, -0.05) is 18.2 Å². The molecule has 1 aromatic heterocycles. The van der Waals surface area contributed by atoms with Gasteiger partial charge in [0, 0.05) is 25.7 Å². The van der Waals surface area contributed by atoms with Crippen LogP contribution in [-0.2, 0) is 16.1 Å². The molecule has 3 rings (SSSR count). The van der Waals surface area contributed by atoms with Crippen molar-refractivity contribution in [2.24, 2.45) is 5.92 Å². The molecule has 1 atom stereocenters. The fourth-order valence-corrected chi connectivity index (χ4v) is 3.34. The second-order valence-electron chi connectivity index (χ2n) is 6.93. The van der Waals surface area contributed by atoms with Crippen LogP contribution in [0.1, 0.15) is 28.8 Å². The Morgan fingerprint density at radius 2 is 2.07 bits per heavy atom. The second kappa shape index (κ2) is 8.64. The van der Waals surface area contributed by atoms with Crippen LogP contribution in [-0.4, -0.2) is 74.1 Å². The van der Waals surface area contributed by atoms with Crippen LogP contribution in [0.25, 0.3) is 0 Å². The van der Waals surface area contributed by atoms with Crippen LogP contribution in [0.2, 0.25) is 0 Å². The third-order valence-electron chi connectivity index (χ3n) is 4.89. The van der Waals surface area contributed by atoms with E-state index < -0.39 is 11.9 Å². The van der Waals surface area contributed by atoms with E-state index in [-0.39, 0.29) is 24.9 Å². The summed E-state index contributed by atoms with van der Waals surface area (Å²) < 4.78 is 1.62. The smallest absolute Gasteiger partial charge is 0.308 e.